The predicted octanol–water partition coefficient (Wildman–Crippen LogP) is 3.79. The maximum Gasteiger partial charge on any atom is 0.307 e. The van der Waals surface area contributed by atoms with Crippen molar-refractivity contribution in [3.8, 4) is 0 Å². The summed E-state index contributed by atoms with van der Waals surface area (Å²) in [5, 5.41) is 21.7. The molecule has 1 N–H and O–H groups in total. The normalized spacial score (nSPS) is 12.0. The summed E-state index contributed by atoms with van der Waals surface area (Å²) in [6, 6.07) is 3.57. The SMILES string of the molecule is CC(C(=O)Nc1nn(Cc2c(F)cccc2Cl)cc1Br)n1cc([N+](=O)[O-])cn1. The van der Waals surface area contributed by atoms with Crippen LogP contribution < -0.4 is 5.32 Å². The molecule has 2 heterocycles. The van der Waals surface area contributed by atoms with Gasteiger partial charge < -0.3 is 5.32 Å². The van der Waals surface area contributed by atoms with Gasteiger partial charge in [0, 0.05) is 16.8 Å². The lowest BCUT2D eigenvalue weighted by Gasteiger charge is -2.11. The van der Waals surface area contributed by atoms with Crippen molar-refractivity contribution < 1.29 is 14.1 Å². The fraction of sp³-hybridized carbons (Fsp3) is 0.188. The third-order valence-electron chi connectivity index (χ3n) is 3.92. The van der Waals surface area contributed by atoms with Gasteiger partial charge in [-0.25, -0.2) is 4.39 Å². The van der Waals surface area contributed by atoms with Gasteiger partial charge in [0.1, 0.15) is 24.3 Å². The zero-order valence-corrected chi connectivity index (χ0v) is 16.7. The summed E-state index contributed by atoms with van der Waals surface area (Å²) >= 11 is 9.31. The fourth-order valence-corrected chi connectivity index (χ4v) is 3.02. The fourth-order valence-electron chi connectivity index (χ4n) is 2.38. The molecular formula is C16H13BrClFN6O3. The summed E-state index contributed by atoms with van der Waals surface area (Å²) in [4.78, 5) is 22.6. The highest BCUT2D eigenvalue weighted by Crippen LogP contribution is 2.25. The van der Waals surface area contributed by atoms with Crippen molar-refractivity contribution in [2.45, 2.75) is 19.5 Å². The molecule has 12 heteroatoms. The molecule has 0 radical (unpaired) electrons. The summed E-state index contributed by atoms with van der Waals surface area (Å²) in [6.07, 6.45) is 3.80. The van der Waals surface area contributed by atoms with Gasteiger partial charge >= 0.3 is 5.69 Å². The Morgan fingerprint density at radius 3 is 2.86 bits per heavy atom. The number of amides is 1. The Morgan fingerprint density at radius 1 is 1.46 bits per heavy atom. The van der Waals surface area contributed by atoms with Crippen LogP contribution in [0, 0.1) is 15.9 Å². The van der Waals surface area contributed by atoms with E-state index in [0.29, 0.717) is 4.47 Å². The molecule has 0 spiro atoms. The molecule has 1 unspecified atom stereocenters. The quantitative estimate of drug-likeness (QED) is 0.435. The number of nitrogens with one attached hydrogen (secondary N) is 1. The maximum atomic E-state index is 13.9. The lowest BCUT2D eigenvalue weighted by molar-refractivity contribution is -0.385. The minimum absolute atomic E-state index is 0.0703. The van der Waals surface area contributed by atoms with Crippen LogP contribution in [0.15, 0.2) is 41.3 Å². The van der Waals surface area contributed by atoms with Crippen LogP contribution in [-0.4, -0.2) is 30.4 Å². The van der Waals surface area contributed by atoms with Crippen LogP contribution in [0.5, 0.6) is 0 Å². The number of rotatable bonds is 6. The number of anilines is 1. The van der Waals surface area contributed by atoms with Crippen LogP contribution in [-0.2, 0) is 11.3 Å². The summed E-state index contributed by atoms with van der Waals surface area (Å²) < 4.78 is 17.0. The first-order valence-corrected chi connectivity index (χ1v) is 9.08. The van der Waals surface area contributed by atoms with Crippen molar-refractivity contribution in [3.05, 3.63) is 67.8 Å². The van der Waals surface area contributed by atoms with Gasteiger partial charge in [0.25, 0.3) is 0 Å². The molecule has 0 saturated carbocycles. The molecule has 2 aromatic heterocycles. The standard InChI is InChI=1S/C16H13BrClFN6O3/c1-9(24-6-10(5-20-24)25(27)28)16(26)21-15-12(17)8-23(22-15)7-11-13(18)3-2-4-14(11)19/h2-6,8-9H,7H2,1H3,(H,21,22,26). The van der Waals surface area contributed by atoms with Gasteiger partial charge in [0.15, 0.2) is 5.82 Å². The summed E-state index contributed by atoms with van der Waals surface area (Å²) in [7, 11) is 0. The molecule has 28 heavy (non-hydrogen) atoms. The van der Waals surface area contributed by atoms with Crippen molar-refractivity contribution in [1.82, 2.24) is 19.6 Å². The topological polar surface area (TPSA) is 108 Å². The van der Waals surface area contributed by atoms with E-state index in [2.05, 4.69) is 31.4 Å². The van der Waals surface area contributed by atoms with E-state index in [1.54, 1.807) is 12.3 Å². The molecule has 1 aromatic carbocycles. The lowest BCUT2D eigenvalue weighted by Crippen LogP contribution is -2.24. The van der Waals surface area contributed by atoms with Crippen molar-refractivity contribution in [1.29, 1.82) is 0 Å². The minimum atomic E-state index is -0.813. The second kappa shape index (κ2) is 8.07. The number of aromatic nitrogens is 4. The minimum Gasteiger partial charge on any atom is -0.306 e. The first-order chi connectivity index (χ1) is 13.3. The van der Waals surface area contributed by atoms with E-state index in [-0.39, 0.29) is 28.6 Å². The average Bonchev–Trinajstić information content (AvgIpc) is 3.25. The van der Waals surface area contributed by atoms with E-state index in [1.807, 2.05) is 0 Å². The second-order valence-corrected chi connectivity index (χ2v) is 7.09. The molecule has 3 rings (SSSR count). The first-order valence-electron chi connectivity index (χ1n) is 7.91. The second-order valence-electron chi connectivity index (χ2n) is 5.82. The largest absolute Gasteiger partial charge is 0.307 e. The highest BCUT2D eigenvalue weighted by Gasteiger charge is 2.21. The van der Waals surface area contributed by atoms with Gasteiger partial charge in [-0.15, -0.1) is 0 Å². The maximum absolute atomic E-state index is 13.9. The average molecular weight is 472 g/mol. The summed E-state index contributed by atoms with van der Waals surface area (Å²) in [5.41, 5.74) is 0.0566. The molecule has 0 fully saturated rings. The highest BCUT2D eigenvalue weighted by molar-refractivity contribution is 9.10. The zero-order valence-electron chi connectivity index (χ0n) is 14.3. The van der Waals surface area contributed by atoms with Crippen LogP contribution in [0.3, 0.4) is 0 Å². The number of carbonyl (C=O) groups excluding carboxylic acids is 1. The number of benzene rings is 1. The Balaban J connectivity index is 1.74. The highest BCUT2D eigenvalue weighted by atomic mass is 79.9. The number of carbonyl (C=O) groups is 1. The van der Waals surface area contributed by atoms with Gasteiger partial charge in [0.2, 0.25) is 5.91 Å². The van der Waals surface area contributed by atoms with Crippen LogP contribution in [0.25, 0.3) is 0 Å². The summed E-state index contributed by atoms with van der Waals surface area (Å²) in [5.74, 6) is -0.725. The molecule has 0 aliphatic heterocycles. The monoisotopic (exact) mass is 470 g/mol. The van der Waals surface area contributed by atoms with Crippen molar-refractivity contribution in [2.75, 3.05) is 5.32 Å². The number of nitrogens with zero attached hydrogens (tertiary/aromatic N) is 5. The Hall–Kier alpha value is -2.79. The van der Waals surface area contributed by atoms with Crippen molar-refractivity contribution in [3.63, 3.8) is 0 Å². The third-order valence-corrected chi connectivity index (χ3v) is 4.85. The molecule has 0 bridgehead atoms. The number of nitro groups is 1. The van der Waals surface area contributed by atoms with Crippen LogP contribution >= 0.6 is 27.5 Å². The molecule has 0 aliphatic carbocycles. The number of hydrogen-bond donors (Lipinski definition) is 1. The van der Waals surface area contributed by atoms with Crippen molar-refractivity contribution in [2.24, 2.45) is 0 Å². The van der Waals surface area contributed by atoms with Gasteiger partial charge in [-0.05, 0) is 35.0 Å². The smallest absolute Gasteiger partial charge is 0.306 e. The number of hydrogen-bond acceptors (Lipinski definition) is 5. The van der Waals surface area contributed by atoms with Gasteiger partial charge in [-0.2, -0.15) is 10.2 Å². The molecule has 0 saturated heterocycles. The van der Waals surface area contributed by atoms with Gasteiger partial charge in [-0.1, -0.05) is 17.7 Å². The van der Waals surface area contributed by atoms with E-state index in [0.717, 1.165) is 12.4 Å². The molecule has 3 aromatic rings. The summed E-state index contributed by atoms with van der Waals surface area (Å²) in [6.45, 7) is 1.61. The molecule has 9 nitrogen and oxygen atoms in total. The predicted molar refractivity (Wildman–Crippen MR) is 103 cm³/mol. The van der Waals surface area contributed by atoms with E-state index in [4.69, 9.17) is 11.6 Å². The molecule has 0 aliphatic rings. The molecule has 1 atom stereocenters. The van der Waals surface area contributed by atoms with Crippen LogP contribution in [0.2, 0.25) is 5.02 Å². The van der Waals surface area contributed by atoms with Gasteiger partial charge in [-0.3, -0.25) is 24.3 Å². The lowest BCUT2D eigenvalue weighted by atomic mass is 10.2. The Morgan fingerprint density at radius 2 is 2.21 bits per heavy atom. The Labute approximate surface area is 171 Å². The van der Waals surface area contributed by atoms with Crippen molar-refractivity contribution >= 4 is 44.9 Å². The Kier molecular flexibility index (Phi) is 5.75. The van der Waals surface area contributed by atoms with E-state index in [1.165, 1.54) is 28.4 Å². The Bertz CT molecular complexity index is 1030. The molecular weight excluding hydrogens is 459 g/mol. The van der Waals surface area contributed by atoms with Crippen LogP contribution in [0.4, 0.5) is 15.9 Å². The van der Waals surface area contributed by atoms with Gasteiger partial charge in [0.05, 0.1) is 15.9 Å². The van der Waals surface area contributed by atoms with Crippen LogP contribution in [0.1, 0.15) is 18.5 Å². The molecule has 146 valence electrons. The number of halogens is 3. The first kappa shape index (κ1) is 20.0. The van der Waals surface area contributed by atoms with E-state index in [9.17, 15) is 19.3 Å². The van der Waals surface area contributed by atoms with E-state index < -0.39 is 22.7 Å². The zero-order chi connectivity index (χ0) is 20.4. The van der Waals surface area contributed by atoms with E-state index >= 15 is 0 Å². The third kappa shape index (κ3) is 4.20. The molecule has 1 amide bonds.